The summed E-state index contributed by atoms with van der Waals surface area (Å²) in [6.07, 6.45) is -2.42. The quantitative estimate of drug-likeness (QED) is 0.523. The largest absolute Gasteiger partial charge is 0.353 e. The van der Waals surface area contributed by atoms with E-state index in [-0.39, 0.29) is 4.92 Å². The summed E-state index contributed by atoms with van der Waals surface area (Å²) < 4.78 is 21.8. The summed E-state index contributed by atoms with van der Waals surface area (Å²) >= 11 is 0. The van der Waals surface area contributed by atoms with E-state index >= 15 is 0 Å². The molecule has 0 spiro atoms. The Balaban J connectivity index is 2.27. The van der Waals surface area contributed by atoms with E-state index < -0.39 is 36.4 Å². The van der Waals surface area contributed by atoms with Crippen molar-refractivity contribution >= 4 is 0 Å². The van der Waals surface area contributed by atoms with Gasteiger partial charge in [0.05, 0.1) is 0 Å². The van der Waals surface area contributed by atoms with Crippen molar-refractivity contribution in [1.29, 1.82) is 0 Å². The van der Waals surface area contributed by atoms with Gasteiger partial charge < -0.3 is 18.9 Å². The van der Waals surface area contributed by atoms with Gasteiger partial charge in [-0.2, -0.15) is 0 Å². The molecule has 0 bridgehead atoms. The highest BCUT2D eigenvalue weighted by molar-refractivity contribution is 4.95. The first kappa shape index (κ1) is 12.7. The number of ether oxygens (including phenoxy) is 4. The second-order valence-corrected chi connectivity index (χ2v) is 4.79. The fraction of sp³-hybridized carbons (Fsp3) is 1.00. The Morgan fingerprint density at radius 2 is 1.88 bits per heavy atom. The SMILES string of the molecule is CO[C@H]1O[C@H](C)[C@@H]([N+](=O)[O-])[C@@H]2OC(C)(C)O[C@@H]12. The van der Waals surface area contributed by atoms with Crippen LogP contribution < -0.4 is 0 Å². The predicted molar refractivity (Wildman–Crippen MR) is 56.0 cm³/mol. The van der Waals surface area contributed by atoms with Gasteiger partial charge in [0.25, 0.3) is 6.04 Å². The van der Waals surface area contributed by atoms with E-state index in [9.17, 15) is 10.1 Å². The molecule has 17 heavy (non-hydrogen) atoms. The second-order valence-electron chi connectivity index (χ2n) is 4.79. The van der Waals surface area contributed by atoms with Gasteiger partial charge in [-0.3, -0.25) is 10.1 Å². The summed E-state index contributed by atoms with van der Waals surface area (Å²) in [5.41, 5.74) is 0. The monoisotopic (exact) mass is 247 g/mol. The second kappa shape index (κ2) is 4.16. The van der Waals surface area contributed by atoms with Crippen LogP contribution in [0.2, 0.25) is 0 Å². The summed E-state index contributed by atoms with van der Waals surface area (Å²) in [7, 11) is 1.48. The minimum Gasteiger partial charge on any atom is -0.353 e. The molecule has 7 nitrogen and oxygen atoms in total. The number of hydrogen-bond donors (Lipinski definition) is 0. The number of nitrogens with zero attached hydrogens (tertiary/aromatic N) is 1. The van der Waals surface area contributed by atoms with Crippen molar-refractivity contribution < 1.29 is 23.9 Å². The minimum absolute atomic E-state index is 0.376. The van der Waals surface area contributed by atoms with Crippen LogP contribution in [0.5, 0.6) is 0 Å². The van der Waals surface area contributed by atoms with Crippen molar-refractivity contribution in [2.45, 2.75) is 57.2 Å². The zero-order valence-corrected chi connectivity index (χ0v) is 10.3. The van der Waals surface area contributed by atoms with Crippen LogP contribution in [0.1, 0.15) is 20.8 Å². The van der Waals surface area contributed by atoms with E-state index in [1.807, 2.05) is 0 Å². The Labute approximate surface area is 99.1 Å². The number of rotatable bonds is 2. The summed E-state index contributed by atoms with van der Waals surface area (Å²) in [5, 5.41) is 11.1. The molecule has 2 heterocycles. The first-order chi connectivity index (χ1) is 7.85. The van der Waals surface area contributed by atoms with Gasteiger partial charge in [0.1, 0.15) is 12.2 Å². The van der Waals surface area contributed by atoms with Crippen molar-refractivity contribution in [2.24, 2.45) is 0 Å². The number of nitro groups is 1. The fourth-order valence-electron chi connectivity index (χ4n) is 2.41. The molecule has 0 aliphatic carbocycles. The molecule has 0 aromatic carbocycles. The molecule has 7 heteroatoms. The van der Waals surface area contributed by atoms with Crippen molar-refractivity contribution in [1.82, 2.24) is 0 Å². The molecular weight excluding hydrogens is 230 g/mol. The van der Waals surface area contributed by atoms with Crippen LogP contribution >= 0.6 is 0 Å². The van der Waals surface area contributed by atoms with Gasteiger partial charge in [-0.05, 0) is 20.8 Å². The zero-order valence-electron chi connectivity index (χ0n) is 10.3. The van der Waals surface area contributed by atoms with Gasteiger partial charge in [0.15, 0.2) is 18.2 Å². The molecule has 2 saturated heterocycles. The standard InChI is InChI=1S/C10H17NO6/c1-5-6(11(12)13)7-8(9(14-4)15-5)17-10(2,3)16-7/h5-9H,1-4H3/t5-,6-,7+,8-,9+/m1/s1. The number of hydrogen-bond acceptors (Lipinski definition) is 6. The summed E-state index contributed by atoms with van der Waals surface area (Å²) in [6, 6.07) is -0.937. The minimum atomic E-state index is -0.937. The van der Waals surface area contributed by atoms with Crippen molar-refractivity contribution in [2.75, 3.05) is 7.11 Å². The summed E-state index contributed by atoms with van der Waals surface area (Å²) in [6.45, 7) is 5.09. The zero-order chi connectivity index (χ0) is 12.8. The van der Waals surface area contributed by atoms with Gasteiger partial charge in [-0.25, -0.2) is 0 Å². The maximum absolute atomic E-state index is 11.1. The van der Waals surface area contributed by atoms with Crippen LogP contribution in [0.15, 0.2) is 0 Å². The number of methoxy groups -OCH3 is 1. The highest BCUT2D eigenvalue weighted by Gasteiger charge is 2.59. The molecule has 2 rings (SSSR count). The lowest BCUT2D eigenvalue weighted by Crippen LogP contribution is -2.58. The molecular formula is C10H17NO6. The Hall–Kier alpha value is -0.760. The van der Waals surface area contributed by atoms with Crippen LogP contribution in [-0.2, 0) is 18.9 Å². The lowest BCUT2D eigenvalue weighted by molar-refractivity contribution is -0.558. The van der Waals surface area contributed by atoms with E-state index in [0.717, 1.165) is 0 Å². The van der Waals surface area contributed by atoms with Gasteiger partial charge in [0.2, 0.25) is 0 Å². The molecule has 0 aromatic heterocycles. The fourth-order valence-corrected chi connectivity index (χ4v) is 2.41. The molecule has 2 aliphatic rings. The molecule has 2 fully saturated rings. The van der Waals surface area contributed by atoms with Crippen LogP contribution in [0, 0.1) is 10.1 Å². The molecule has 0 amide bonds. The average Bonchev–Trinajstić information content (AvgIpc) is 2.50. The Morgan fingerprint density at radius 3 is 2.41 bits per heavy atom. The van der Waals surface area contributed by atoms with E-state index in [4.69, 9.17) is 18.9 Å². The molecule has 98 valence electrons. The van der Waals surface area contributed by atoms with Crippen LogP contribution in [0.4, 0.5) is 0 Å². The topological polar surface area (TPSA) is 80.1 Å². The lowest BCUT2D eigenvalue weighted by atomic mass is 9.98. The van der Waals surface area contributed by atoms with E-state index in [2.05, 4.69) is 0 Å². The maximum atomic E-state index is 11.1. The lowest BCUT2D eigenvalue weighted by Gasteiger charge is -2.35. The highest BCUT2D eigenvalue weighted by Crippen LogP contribution is 2.38. The average molecular weight is 247 g/mol. The van der Waals surface area contributed by atoms with Gasteiger partial charge in [-0.15, -0.1) is 0 Å². The van der Waals surface area contributed by atoms with Gasteiger partial charge in [-0.1, -0.05) is 0 Å². The molecule has 0 aromatic rings. The van der Waals surface area contributed by atoms with Gasteiger partial charge in [0, 0.05) is 12.0 Å². The van der Waals surface area contributed by atoms with Crippen molar-refractivity contribution in [3.63, 3.8) is 0 Å². The normalized spacial score (nSPS) is 44.4. The van der Waals surface area contributed by atoms with E-state index in [0.29, 0.717) is 0 Å². The Bertz CT molecular complexity index is 320. The molecule has 0 radical (unpaired) electrons. The Morgan fingerprint density at radius 1 is 1.29 bits per heavy atom. The van der Waals surface area contributed by atoms with Crippen LogP contribution in [-0.4, -0.2) is 48.5 Å². The third kappa shape index (κ3) is 2.15. The number of fused-ring (bicyclic) bond motifs is 1. The first-order valence-electron chi connectivity index (χ1n) is 5.53. The predicted octanol–water partition coefficient (Wildman–Crippen LogP) is 0.543. The highest BCUT2D eigenvalue weighted by atomic mass is 16.8. The van der Waals surface area contributed by atoms with Crippen LogP contribution in [0.3, 0.4) is 0 Å². The first-order valence-corrected chi connectivity index (χ1v) is 5.53. The smallest absolute Gasteiger partial charge is 0.267 e. The molecule has 2 aliphatic heterocycles. The molecule has 0 unspecified atom stereocenters. The molecule has 0 saturated carbocycles. The maximum Gasteiger partial charge on any atom is 0.267 e. The third-order valence-electron chi connectivity index (χ3n) is 3.07. The van der Waals surface area contributed by atoms with Crippen molar-refractivity contribution in [3.8, 4) is 0 Å². The molecule has 5 atom stereocenters. The molecule has 0 N–H and O–H groups in total. The Kier molecular flexibility index (Phi) is 3.11. The third-order valence-corrected chi connectivity index (χ3v) is 3.07. The summed E-state index contributed by atoms with van der Waals surface area (Å²) in [4.78, 5) is 10.7. The van der Waals surface area contributed by atoms with Crippen LogP contribution in [0.25, 0.3) is 0 Å². The summed E-state index contributed by atoms with van der Waals surface area (Å²) in [5.74, 6) is -0.853. The van der Waals surface area contributed by atoms with E-state index in [1.54, 1.807) is 20.8 Å². The van der Waals surface area contributed by atoms with E-state index in [1.165, 1.54) is 7.11 Å². The van der Waals surface area contributed by atoms with Gasteiger partial charge >= 0.3 is 0 Å². The van der Waals surface area contributed by atoms with Crippen molar-refractivity contribution in [3.05, 3.63) is 10.1 Å².